The number of allylic oxidation sites excluding steroid dienone is 3. The topological polar surface area (TPSA) is 120 Å². The van der Waals surface area contributed by atoms with E-state index in [0.717, 1.165) is 0 Å². The van der Waals surface area contributed by atoms with E-state index in [9.17, 15) is 13.2 Å². The molecule has 0 aromatic heterocycles. The molecule has 3 N–H and O–H groups in total. The average molecular weight is 510 g/mol. The Bertz CT molecular complexity index is 1110. The highest BCUT2D eigenvalue weighted by Gasteiger charge is 2.40. The average Bonchev–Trinajstić information content (AvgIpc) is 3.22. The van der Waals surface area contributed by atoms with Gasteiger partial charge in [0.25, 0.3) is 0 Å². The fourth-order valence-electron chi connectivity index (χ4n) is 3.52. The van der Waals surface area contributed by atoms with Crippen LogP contribution < -0.4 is 15.8 Å². The number of ether oxygens (including phenoxy) is 3. The Morgan fingerprint density at radius 1 is 1.38 bits per heavy atom. The van der Waals surface area contributed by atoms with Crippen LogP contribution in [0.4, 0.5) is 0 Å². The minimum Gasteiger partial charge on any atom is -0.491 e. The lowest BCUT2D eigenvalue weighted by Crippen LogP contribution is -2.48. The van der Waals surface area contributed by atoms with Crippen LogP contribution >= 0.6 is 11.6 Å². The van der Waals surface area contributed by atoms with E-state index in [1.807, 2.05) is 30.3 Å². The van der Waals surface area contributed by atoms with Crippen molar-refractivity contribution in [2.75, 3.05) is 39.5 Å². The number of carbonyl (C=O) groups is 1. The number of nitrogens with one attached hydrogen (secondary N) is 1. The molecule has 2 aliphatic rings. The molecule has 34 heavy (non-hydrogen) atoms. The number of carbonyl (C=O) groups excluding carboxylic acids is 1. The molecule has 9 nitrogen and oxygen atoms in total. The summed E-state index contributed by atoms with van der Waals surface area (Å²) < 4.78 is 45.2. The Morgan fingerprint density at radius 2 is 2.12 bits per heavy atom. The van der Waals surface area contributed by atoms with Crippen molar-refractivity contribution in [2.24, 2.45) is 5.73 Å². The minimum atomic E-state index is -4.11. The van der Waals surface area contributed by atoms with Crippen LogP contribution in [0.15, 0.2) is 76.0 Å². The highest BCUT2D eigenvalue weighted by atomic mass is 35.5. The number of halogens is 1. The molecule has 1 atom stereocenters. The summed E-state index contributed by atoms with van der Waals surface area (Å²) in [6.45, 7) is 5.92. The van der Waals surface area contributed by atoms with Crippen LogP contribution in [0.5, 0.6) is 5.75 Å². The summed E-state index contributed by atoms with van der Waals surface area (Å²) in [5, 5.41) is 3.02. The quantitative estimate of drug-likeness (QED) is 0.383. The number of morpholine rings is 1. The molecule has 1 saturated heterocycles. The molecule has 0 spiro atoms. The van der Waals surface area contributed by atoms with Crippen LogP contribution in [0.3, 0.4) is 0 Å². The molecule has 3 rings (SSSR count). The molecule has 0 saturated carbocycles. The van der Waals surface area contributed by atoms with Gasteiger partial charge in [0.2, 0.25) is 10.0 Å². The molecule has 1 aromatic rings. The van der Waals surface area contributed by atoms with Gasteiger partial charge in [-0.05, 0) is 36.8 Å². The number of benzene rings is 1. The normalized spacial score (nSPS) is 20.8. The highest BCUT2D eigenvalue weighted by Crippen LogP contribution is 2.31. The maximum absolute atomic E-state index is 13.7. The van der Waals surface area contributed by atoms with E-state index in [4.69, 9.17) is 31.5 Å². The molecule has 11 heteroatoms. The van der Waals surface area contributed by atoms with Gasteiger partial charge in [-0.25, -0.2) is 13.2 Å². The van der Waals surface area contributed by atoms with E-state index in [2.05, 4.69) is 11.9 Å². The van der Waals surface area contributed by atoms with Gasteiger partial charge in [-0.1, -0.05) is 36.4 Å². The van der Waals surface area contributed by atoms with Gasteiger partial charge < -0.3 is 25.3 Å². The van der Waals surface area contributed by atoms with E-state index in [1.165, 1.54) is 16.5 Å². The van der Waals surface area contributed by atoms with E-state index in [0.29, 0.717) is 11.3 Å². The third-order valence-corrected chi connectivity index (χ3v) is 7.18. The fraction of sp³-hybridized carbons (Fsp3) is 0.348. The molecule has 184 valence electrons. The maximum atomic E-state index is 13.7. The predicted molar refractivity (Wildman–Crippen MR) is 129 cm³/mol. The first-order chi connectivity index (χ1) is 16.2. The van der Waals surface area contributed by atoms with Gasteiger partial charge in [-0.2, -0.15) is 4.31 Å². The maximum Gasteiger partial charge on any atom is 0.355 e. The van der Waals surface area contributed by atoms with Crippen molar-refractivity contribution in [1.82, 2.24) is 9.62 Å². The number of sulfonamides is 1. The van der Waals surface area contributed by atoms with E-state index in [1.54, 1.807) is 6.92 Å². The summed E-state index contributed by atoms with van der Waals surface area (Å²) in [5.41, 5.74) is 5.96. The zero-order chi connectivity index (χ0) is 24.7. The van der Waals surface area contributed by atoms with Crippen LogP contribution in [-0.4, -0.2) is 64.3 Å². The van der Waals surface area contributed by atoms with Gasteiger partial charge in [-0.3, -0.25) is 0 Å². The Labute approximate surface area is 204 Å². The van der Waals surface area contributed by atoms with Gasteiger partial charge in [0.1, 0.15) is 29.1 Å². The van der Waals surface area contributed by atoms with Gasteiger partial charge >= 0.3 is 5.97 Å². The summed E-state index contributed by atoms with van der Waals surface area (Å²) in [5.74, 6) is -0.100. The zero-order valence-corrected chi connectivity index (χ0v) is 20.4. The van der Waals surface area contributed by atoms with Crippen molar-refractivity contribution >= 4 is 27.6 Å². The van der Waals surface area contributed by atoms with Crippen molar-refractivity contribution in [2.45, 2.75) is 13.0 Å². The van der Waals surface area contributed by atoms with Crippen LogP contribution in [-0.2, 0) is 24.3 Å². The molecule has 1 aromatic carbocycles. The minimum absolute atomic E-state index is 0.0607. The van der Waals surface area contributed by atoms with E-state index < -0.39 is 22.1 Å². The molecule has 0 aliphatic carbocycles. The Morgan fingerprint density at radius 3 is 2.79 bits per heavy atom. The fourth-order valence-corrected chi connectivity index (χ4v) is 5.60. The number of rotatable bonds is 9. The molecular weight excluding hydrogens is 482 g/mol. The number of hydrogen-bond donors (Lipinski definition) is 2. The molecule has 0 amide bonds. The van der Waals surface area contributed by atoms with E-state index >= 15 is 0 Å². The second kappa shape index (κ2) is 11.6. The first-order valence-electron chi connectivity index (χ1n) is 10.7. The predicted octanol–water partition coefficient (Wildman–Crippen LogP) is 2.00. The molecule has 0 bridgehead atoms. The lowest BCUT2D eigenvalue weighted by molar-refractivity contribution is -0.138. The summed E-state index contributed by atoms with van der Waals surface area (Å²) >= 11 is 6.20. The summed E-state index contributed by atoms with van der Waals surface area (Å²) in [6, 6.07) is 9.18. The SMILES string of the molecule is C=C(N)/C=C(Cl)\C=C1/CNC(C(=O)OCC)=C1S(=O)(=O)N1CCO[C@H](COc2ccccc2)C1. The van der Waals surface area contributed by atoms with Crippen molar-refractivity contribution in [3.05, 3.63) is 76.0 Å². The third kappa shape index (κ3) is 6.41. The van der Waals surface area contributed by atoms with Crippen molar-refractivity contribution < 1.29 is 27.4 Å². The Hall–Kier alpha value is -2.79. The number of nitrogens with zero attached hydrogens (tertiary/aromatic N) is 1. The monoisotopic (exact) mass is 509 g/mol. The molecule has 0 radical (unpaired) electrons. The molecule has 1 fully saturated rings. The third-order valence-electron chi connectivity index (χ3n) is 4.97. The van der Waals surface area contributed by atoms with Gasteiger partial charge in [-0.15, -0.1) is 0 Å². The Kier molecular flexibility index (Phi) is 8.78. The molecular formula is C23H28ClN3O6S. The molecule has 2 aliphatic heterocycles. The summed E-state index contributed by atoms with van der Waals surface area (Å²) in [6.07, 6.45) is 2.36. The van der Waals surface area contributed by atoms with Crippen LogP contribution in [0.2, 0.25) is 0 Å². The summed E-state index contributed by atoms with van der Waals surface area (Å²) in [7, 11) is -4.11. The van der Waals surface area contributed by atoms with Gasteiger partial charge in [0.05, 0.1) is 13.2 Å². The van der Waals surface area contributed by atoms with Crippen LogP contribution in [0.25, 0.3) is 0 Å². The smallest absolute Gasteiger partial charge is 0.355 e. The number of esters is 1. The standard InChI is InChI=1S/C23H28ClN3O6S/c1-3-31-23(28)21-22(17(13-26-21)12-18(24)11-16(2)25)34(29,30)27-9-10-32-20(14-27)15-33-19-7-5-4-6-8-19/h4-8,11-12,20,26H,2-3,9-10,13-15,25H2,1H3/b17-12+,18-11+/t20-/m0/s1. The number of nitrogens with two attached hydrogens (primary N) is 1. The van der Waals surface area contributed by atoms with E-state index in [-0.39, 0.29) is 60.8 Å². The van der Waals surface area contributed by atoms with Crippen molar-refractivity contribution in [1.29, 1.82) is 0 Å². The number of hydrogen-bond acceptors (Lipinski definition) is 8. The van der Waals surface area contributed by atoms with Gasteiger partial charge in [0, 0.05) is 30.4 Å². The second-order valence-corrected chi connectivity index (χ2v) is 9.84. The van der Waals surface area contributed by atoms with Gasteiger partial charge in [0.15, 0.2) is 0 Å². The summed E-state index contributed by atoms with van der Waals surface area (Å²) in [4.78, 5) is 12.4. The lowest BCUT2D eigenvalue weighted by Gasteiger charge is -2.32. The number of para-hydroxylation sites is 1. The van der Waals surface area contributed by atoms with Crippen molar-refractivity contribution in [3.8, 4) is 5.75 Å². The molecule has 2 heterocycles. The Balaban J connectivity index is 1.88. The zero-order valence-electron chi connectivity index (χ0n) is 18.8. The molecule has 0 unspecified atom stereocenters. The first kappa shape index (κ1) is 25.8. The second-order valence-electron chi connectivity index (χ2n) is 7.53. The first-order valence-corrected chi connectivity index (χ1v) is 12.5. The van der Waals surface area contributed by atoms with Crippen LogP contribution in [0.1, 0.15) is 6.92 Å². The van der Waals surface area contributed by atoms with Crippen molar-refractivity contribution in [3.63, 3.8) is 0 Å². The highest BCUT2D eigenvalue weighted by molar-refractivity contribution is 7.93. The lowest BCUT2D eigenvalue weighted by atomic mass is 10.2. The van der Waals surface area contributed by atoms with Crippen LogP contribution in [0, 0.1) is 0 Å². The largest absolute Gasteiger partial charge is 0.491 e.